The minimum absolute atomic E-state index is 0.0584. The van der Waals surface area contributed by atoms with Crippen LogP contribution in [0.4, 0.5) is 0 Å². The molecule has 1 aliphatic heterocycles. The third-order valence-corrected chi connectivity index (χ3v) is 5.11. The number of benzene rings is 1. The van der Waals surface area contributed by atoms with Crippen molar-refractivity contribution in [3.63, 3.8) is 0 Å². The number of thiazole rings is 1. The Labute approximate surface area is 145 Å². The maximum Gasteiger partial charge on any atom is 0.265 e. The van der Waals surface area contributed by atoms with Gasteiger partial charge in [0, 0.05) is 19.6 Å². The number of aliphatic hydroxyl groups is 1. The molecule has 1 aromatic heterocycles. The average Bonchev–Trinajstić information content (AvgIpc) is 3.24. The van der Waals surface area contributed by atoms with E-state index in [9.17, 15) is 9.90 Å². The Morgan fingerprint density at radius 3 is 2.79 bits per heavy atom. The van der Waals surface area contributed by atoms with Crippen molar-refractivity contribution in [2.24, 2.45) is 0 Å². The third-order valence-electron chi connectivity index (χ3n) is 4.35. The minimum Gasteiger partial charge on any atom is -0.497 e. The van der Waals surface area contributed by atoms with Crippen LogP contribution >= 0.6 is 11.3 Å². The number of ether oxygens (including phenoxy) is 1. The average molecular weight is 347 g/mol. The summed E-state index contributed by atoms with van der Waals surface area (Å²) in [6.07, 6.45) is 1.03. The molecule has 2 aromatic rings. The fourth-order valence-corrected chi connectivity index (χ4v) is 3.57. The van der Waals surface area contributed by atoms with E-state index in [4.69, 9.17) is 4.74 Å². The standard InChI is InChI=1S/C17H21N3O3S/c1-19(8-12-3-5-13(23-2)6-4-12)14-9-20(10-15(14)21)17(22)16-7-18-11-24-16/h3-7,11,14-15,21H,8-10H2,1-2H3/t14-,15-/m1/s1. The fraction of sp³-hybridized carbons (Fsp3) is 0.412. The zero-order chi connectivity index (χ0) is 17.1. The maximum absolute atomic E-state index is 12.4. The number of aliphatic hydroxyl groups excluding tert-OH is 1. The summed E-state index contributed by atoms with van der Waals surface area (Å²) in [5.41, 5.74) is 2.78. The normalized spacial score (nSPS) is 20.6. The molecule has 0 saturated carbocycles. The zero-order valence-electron chi connectivity index (χ0n) is 13.8. The van der Waals surface area contributed by atoms with E-state index in [0.29, 0.717) is 24.5 Å². The molecule has 0 unspecified atom stereocenters. The highest BCUT2D eigenvalue weighted by Crippen LogP contribution is 2.21. The van der Waals surface area contributed by atoms with E-state index >= 15 is 0 Å². The van der Waals surface area contributed by atoms with Crippen molar-refractivity contribution in [3.05, 3.63) is 46.4 Å². The van der Waals surface area contributed by atoms with Gasteiger partial charge in [-0.1, -0.05) is 12.1 Å². The van der Waals surface area contributed by atoms with Crippen molar-refractivity contribution >= 4 is 17.2 Å². The number of carbonyl (C=O) groups is 1. The van der Waals surface area contributed by atoms with Crippen LogP contribution in [-0.2, 0) is 6.54 Å². The van der Waals surface area contributed by atoms with Crippen LogP contribution in [0.15, 0.2) is 36.0 Å². The molecule has 1 amide bonds. The quantitative estimate of drug-likeness (QED) is 0.887. The molecule has 1 saturated heterocycles. The predicted octanol–water partition coefficient (Wildman–Crippen LogP) is 1.47. The second-order valence-electron chi connectivity index (χ2n) is 5.97. The first-order valence-corrected chi connectivity index (χ1v) is 8.65. The predicted molar refractivity (Wildman–Crippen MR) is 92.3 cm³/mol. The summed E-state index contributed by atoms with van der Waals surface area (Å²) >= 11 is 1.33. The van der Waals surface area contributed by atoms with Gasteiger partial charge in [0.15, 0.2) is 0 Å². The van der Waals surface area contributed by atoms with E-state index in [-0.39, 0.29) is 11.9 Å². The van der Waals surface area contributed by atoms with Gasteiger partial charge < -0.3 is 14.7 Å². The van der Waals surface area contributed by atoms with E-state index in [2.05, 4.69) is 9.88 Å². The van der Waals surface area contributed by atoms with Gasteiger partial charge in [-0.15, -0.1) is 11.3 Å². The molecule has 1 aliphatic rings. The molecule has 2 heterocycles. The monoisotopic (exact) mass is 347 g/mol. The topological polar surface area (TPSA) is 65.9 Å². The first kappa shape index (κ1) is 16.9. The molecule has 128 valence electrons. The van der Waals surface area contributed by atoms with Crippen LogP contribution in [0.1, 0.15) is 15.2 Å². The van der Waals surface area contributed by atoms with E-state index in [0.717, 1.165) is 11.3 Å². The van der Waals surface area contributed by atoms with Crippen molar-refractivity contribution in [3.8, 4) is 5.75 Å². The molecular formula is C17H21N3O3S. The molecular weight excluding hydrogens is 326 g/mol. The summed E-state index contributed by atoms with van der Waals surface area (Å²) in [5.74, 6) is 0.764. The summed E-state index contributed by atoms with van der Waals surface area (Å²) in [6.45, 7) is 1.58. The molecule has 6 nitrogen and oxygen atoms in total. The lowest BCUT2D eigenvalue weighted by molar-refractivity contribution is 0.0767. The summed E-state index contributed by atoms with van der Waals surface area (Å²) in [7, 11) is 3.61. The molecule has 0 bridgehead atoms. The van der Waals surface area contributed by atoms with Crippen molar-refractivity contribution < 1.29 is 14.6 Å². The summed E-state index contributed by atoms with van der Waals surface area (Å²) < 4.78 is 5.16. The van der Waals surface area contributed by atoms with E-state index < -0.39 is 6.10 Å². The summed E-state index contributed by atoms with van der Waals surface area (Å²) in [4.78, 5) is 20.8. The van der Waals surface area contributed by atoms with Crippen LogP contribution in [0.2, 0.25) is 0 Å². The second-order valence-corrected chi connectivity index (χ2v) is 6.86. The highest BCUT2D eigenvalue weighted by molar-refractivity contribution is 7.11. The fourth-order valence-electron chi connectivity index (χ4n) is 2.98. The molecule has 24 heavy (non-hydrogen) atoms. The number of amides is 1. The SMILES string of the molecule is COc1ccc(CN(C)[C@@H]2CN(C(=O)c3cncs3)C[C@H]2O)cc1. The summed E-state index contributed by atoms with van der Waals surface area (Å²) in [5, 5.41) is 10.4. The Balaban J connectivity index is 1.62. The Bertz CT molecular complexity index is 675. The number of β-amino-alcohol motifs (C(OH)–C–C–N with tert-alkyl or cyclic N) is 1. The van der Waals surface area contributed by atoms with Crippen LogP contribution in [-0.4, -0.2) is 65.2 Å². The molecule has 1 aromatic carbocycles. The van der Waals surface area contributed by atoms with Crippen LogP contribution in [0.25, 0.3) is 0 Å². The van der Waals surface area contributed by atoms with E-state index in [1.54, 1.807) is 23.7 Å². The lowest BCUT2D eigenvalue weighted by atomic mass is 10.1. The lowest BCUT2D eigenvalue weighted by Crippen LogP contribution is -2.40. The van der Waals surface area contributed by atoms with Gasteiger partial charge in [0.1, 0.15) is 10.6 Å². The first-order chi connectivity index (χ1) is 11.6. The third kappa shape index (κ3) is 3.58. The van der Waals surface area contributed by atoms with Gasteiger partial charge in [0.25, 0.3) is 5.91 Å². The second kappa shape index (κ2) is 7.29. The van der Waals surface area contributed by atoms with Crippen molar-refractivity contribution in [2.45, 2.75) is 18.7 Å². The maximum atomic E-state index is 12.4. The van der Waals surface area contributed by atoms with Crippen molar-refractivity contribution in [1.82, 2.24) is 14.8 Å². The van der Waals surface area contributed by atoms with Gasteiger partial charge in [-0.2, -0.15) is 0 Å². The first-order valence-electron chi connectivity index (χ1n) is 7.77. The number of carbonyl (C=O) groups excluding carboxylic acids is 1. The number of hydrogen-bond donors (Lipinski definition) is 1. The van der Waals surface area contributed by atoms with Crippen LogP contribution in [0, 0.1) is 0 Å². The van der Waals surface area contributed by atoms with Gasteiger partial charge in [-0.25, -0.2) is 0 Å². The molecule has 0 spiro atoms. The highest BCUT2D eigenvalue weighted by atomic mass is 32.1. The van der Waals surface area contributed by atoms with Gasteiger partial charge >= 0.3 is 0 Å². The van der Waals surface area contributed by atoms with Gasteiger partial charge in [-0.3, -0.25) is 14.7 Å². The largest absolute Gasteiger partial charge is 0.497 e. The molecule has 3 rings (SSSR count). The Hall–Kier alpha value is -1.96. The smallest absolute Gasteiger partial charge is 0.265 e. The van der Waals surface area contributed by atoms with Crippen molar-refractivity contribution in [2.75, 3.05) is 27.2 Å². The van der Waals surface area contributed by atoms with Crippen molar-refractivity contribution in [1.29, 1.82) is 0 Å². The zero-order valence-corrected chi connectivity index (χ0v) is 14.6. The molecule has 1 N–H and O–H groups in total. The molecule has 0 aliphatic carbocycles. The molecule has 1 fully saturated rings. The number of methoxy groups -OCH3 is 1. The van der Waals surface area contributed by atoms with Crippen LogP contribution in [0.5, 0.6) is 5.75 Å². The Morgan fingerprint density at radius 2 is 2.17 bits per heavy atom. The highest BCUT2D eigenvalue weighted by Gasteiger charge is 2.37. The van der Waals surface area contributed by atoms with Crippen LogP contribution in [0.3, 0.4) is 0 Å². The lowest BCUT2D eigenvalue weighted by Gasteiger charge is -2.26. The summed E-state index contributed by atoms with van der Waals surface area (Å²) in [6, 6.07) is 7.79. The Kier molecular flexibility index (Phi) is 5.13. The van der Waals surface area contributed by atoms with Gasteiger partial charge in [0.05, 0.1) is 31.0 Å². The molecule has 2 atom stereocenters. The number of aromatic nitrogens is 1. The van der Waals surface area contributed by atoms with E-state index in [1.807, 2.05) is 31.3 Å². The number of hydrogen-bond acceptors (Lipinski definition) is 6. The number of likely N-dealkylation sites (N-methyl/N-ethyl adjacent to an activating group) is 1. The Morgan fingerprint density at radius 1 is 1.42 bits per heavy atom. The minimum atomic E-state index is -0.551. The molecule has 7 heteroatoms. The number of likely N-dealkylation sites (tertiary alicyclic amines) is 1. The number of nitrogens with zero attached hydrogens (tertiary/aromatic N) is 3. The van der Waals surface area contributed by atoms with Gasteiger partial charge in [-0.05, 0) is 24.7 Å². The number of rotatable bonds is 5. The van der Waals surface area contributed by atoms with Crippen LogP contribution < -0.4 is 4.74 Å². The van der Waals surface area contributed by atoms with E-state index in [1.165, 1.54) is 11.3 Å². The molecule has 0 radical (unpaired) electrons. The van der Waals surface area contributed by atoms with Gasteiger partial charge in [0.2, 0.25) is 0 Å².